The maximum atomic E-state index is 12.3. The number of nitrogens with zero attached hydrogens (tertiary/aromatic N) is 3. The second-order valence-electron chi connectivity index (χ2n) is 3.62. The standard InChI is InChI=1S/C8H10F3N3OS/c9-8(10,11)6-12-7(16-13-6)14-3-1-5(15)2-4-14/h5,15H,1-4H2. The highest BCUT2D eigenvalue weighted by molar-refractivity contribution is 7.09. The van der Waals surface area contributed by atoms with Crippen LogP contribution in [-0.2, 0) is 6.18 Å². The topological polar surface area (TPSA) is 49.2 Å². The van der Waals surface area contributed by atoms with E-state index in [1.54, 1.807) is 4.90 Å². The lowest BCUT2D eigenvalue weighted by Crippen LogP contribution is -2.35. The van der Waals surface area contributed by atoms with Gasteiger partial charge in [-0.15, -0.1) is 0 Å². The van der Waals surface area contributed by atoms with Gasteiger partial charge in [0.1, 0.15) is 0 Å². The molecule has 0 radical (unpaired) electrons. The van der Waals surface area contributed by atoms with Crippen LogP contribution in [0.3, 0.4) is 0 Å². The van der Waals surface area contributed by atoms with Crippen LogP contribution in [0.15, 0.2) is 0 Å². The molecule has 1 fully saturated rings. The van der Waals surface area contributed by atoms with Crippen molar-refractivity contribution in [3.8, 4) is 0 Å². The minimum Gasteiger partial charge on any atom is -0.393 e. The molecule has 1 N–H and O–H groups in total. The Morgan fingerprint density at radius 1 is 1.31 bits per heavy atom. The average Bonchev–Trinajstić information content (AvgIpc) is 2.67. The van der Waals surface area contributed by atoms with Gasteiger partial charge in [-0.3, -0.25) is 0 Å². The minimum atomic E-state index is -4.48. The van der Waals surface area contributed by atoms with Crippen molar-refractivity contribution in [2.75, 3.05) is 18.0 Å². The van der Waals surface area contributed by atoms with Gasteiger partial charge in [-0.25, -0.2) is 0 Å². The molecule has 16 heavy (non-hydrogen) atoms. The number of anilines is 1. The van der Waals surface area contributed by atoms with Crippen LogP contribution >= 0.6 is 11.5 Å². The highest BCUT2D eigenvalue weighted by Crippen LogP contribution is 2.31. The average molecular weight is 253 g/mol. The van der Waals surface area contributed by atoms with Gasteiger partial charge in [0.25, 0.3) is 0 Å². The van der Waals surface area contributed by atoms with E-state index >= 15 is 0 Å². The zero-order valence-electron chi connectivity index (χ0n) is 8.24. The van der Waals surface area contributed by atoms with Crippen LogP contribution in [0.5, 0.6) is 0 Å². The molecule has 0 amide bonds. The molecule has 0 unspecified atom stereocenters. The fourth-order valence-electron chi connectivity index (χ4n) is 1.52. The van der Waals surface area contributed by atoms with E-state index in [9.17, 15) is 18.3 Å². The Bertz CT molecular complexity index is 360. The van der Waals surface area contributed by atoms with E-state index in [2.05, 4.69) is 9.36 Å². The van der Waals surface area contributed by atoms with Gasteiger partial charge >= 0.3 is 6.18 Å². The fraction of sp³-hybridized carbons (Fsp3) is 0.750. The number of alkyl halides is 3. The fourth-order valence-corrected chi connectivity index (χ4v) is 2.25. The number of hydrogen-bond acceptors (Lipinski definition) is 5. The maximum absolute atomic E-state index is 12.3. The molecule has 8 heteroatoms. The second-order valence-corrected chi connectivity index (χ2v) is 4.35. The van der Waals surface area contributed by atoms with Crippen LogP contribution < -0.4 is 4.90 Å². The number of hydrogen-bond donors (Lipinski definition) is 1. The van der Waals surface area contributed by atoms with Crippen molar-refractivity contribution in [2.45, 2.75) is 25.1 Å². The summed E-state index contributed by atoms with van der Waals surface area (Å²) in [5.74, 6) is -1.08. The van der Waals surface area contributed by atoms with E-state index in [4.69, 9.17) is 0 Å². The summed E-state index contributed by atoms with van der Waals surface area (Å²) in [5, 5.41) is 9.55. The Kier molecular flexibility index (Phi) is 3.02. The second kappa shape index (κ2) is 4.17. The molecular formula is C8H10F3N3OS. The van der Waals surface area contributed by atoms with Crippen molar-refractivity contribution >= 4 is 16.7 Å². The van der Waals surface area contributed by atoms with Gasteiger partial charge in [0.2, 0.25) is 11.0 Å². The number of piperidine rings is 1. The third-order valence-corrected chi connectivity index (χ3v) is 3.18. The van der Waals surface area contributed by atoms with Gasteiger partial charge in [-0.05, 0) is 12.8 Å². The lowest BCUT2D eigenvalue weighted by Gasteiger charge is -2.28. The van der Waals surface area contributed by atoms with E-state index in [-0.39, 0.29) is 11.2 Å². The van der Waals surface area contributed by atoms with Gasteiger partial charge in [-0.1, -0.05) is 0 Å². The molecule has 1 aromatic rings. The van der Waals surface area contributed by atoms with Crippen molar-refractivity contribution in [1.29, 1.82) is 0 Å². The third-order valence-electron chi connectivity index (χ3n) is 2.40. The predicted molar refractivity (Wildman–Crippen MR) is 52.4 cm³/mol. The lowest BCUT2D eigenvalue weighted by molar-refractivity contribution is -0.144. The SMILES string of the molecule is OC1CCN(c2nc(C(F)(F)F)ns2)CC1. The molecular weight excluding hydrogens is 243 g/mol. The Morgan fingerprint density at radius 3 is 2.44 bits per heavy atom. The van der Waals surface area contributed by atoms with E-state index < -0.39 is 12.0 Å². The van der Waals surface area contributed by atoms with Crippen LogP contribution in [0, 0.1) is 0 Å². The van der Waals surface area contributed by atoms with Gasteiger partial charge in [0.15, 0.2) is 0 Å². The molecule has 1 saturated heterocycles. The molecule has 1 aromatic heterocycles. The smallest absolute Gasteiger partial charge is 0.393 e. The number of halogens is 3. The van der Waals surface area contributed by atoms with E-state index in [0.29, 0.717) is 25.9 Å². The third kappa shape index (κ3) is 2.43. The van der Waals surface area contributed by atoms with Gasteiger partial charge in [0, 0.05) is 24.6 Å². The Morgan fingerprint density at radius 2 is 1.94 bits per heavy atom. The molecule has 1 aliphatic rings. The lowest BCUT2D eigenvalue weighted by atomic mass is 10.1. The molecule has 4 nitrogen and oxygen atoms in total. The van der Waals surface area contributed by atoms with Crippen LogP contribution in [0.2, 0.25) is 0 Å². The Hall–Kier alpha value is -0.890. The van der Waals surface area contributed by atoms with Gasteiger partial charge < -0.3 is 10.0 Å². The summed E-state index contributed by atoms with van der Waals surface area (Å²) in [5.41, 5.74) is 0. The zero-order valence-corrected chi connectivity index (χ0v) is 9.05. The summed E-state index contributed by atoms with van der Waals surface area (Å²) in [6.45, 7) is 1.04. The molecule has 0 aromatic carbocycles. The molecule has 2 heterocycles. The number of aromatic nitrogens is 2. The minimum absolute atomic E-state index is 0.277. The summed E-state index contributed by atoms with van der Waals surface area (Å²) >= 11 is 0.747. The molecule has 0 saturated carbocycles. The maximum Gasteiger partial charge on any atom is 0.452 e. The molecule has 1 aliphatic heterocycles. The van der Waals surface area contributed by atoms with Crippen LogP contribution in [0.25, 0.3) is 0 Å². The van der Waals surface area contributed by atoms with Crippen LogP contribution in [-0.4, -0.2) is 33.7 Å². The van der Waals surface area contributed by atoms with E-state index in [1.807, 2.05) is 0 Å². The molecule has 0 aliphatic carbocycles. The van der Waals surface area contributed by atoms with Crippen LogP contribution in [0.4, 0.5) is 18.3 Å². The highest BCUT2D eigenvalue weighted by Gasteiger charge is 2.36. The predicted octanol–water partition coefficient (Wildman–Crippen LogP) is 1.52. The summed E-state index contributed by atoms with van der Waals surface area (Å²) in [6.07, 6.45) is -3.72. The summed E-state index contributed by atoms with van der Waals surface area (Å²) in [4.78, 5) is 5.18. The van der Waals surface area contributed by atoms with Crippen LogP contribution in [0.1, 0.15) is 18.7 Å². The van der Waals surface area contributed by atoms with Crippen molar-refractivity contribution in [3.63, 3.8) is 0 Å². The first-order valence-electron chi connectivity index (χ1n) is 4.81. The Balaban J connectivity index is 2.08. The first-order chi connectivity index (χ1) is 7.47. The van der Waals surface area contributed by atoms with E-state index in [0.717, 1.165) is 11.5 Å². The molecule has 90 valence electrons. The first kappa shape index (κ1) is 11.6. The first-order valence-corrected chi connectivity index (χ1v) is 5.58. The quantitative estimate of drug-likeness (QED) is 0.824. The molecule has 0 bridgehead atoms. The van der Waals surface area contributed by atoms with Crippen molar-refractivity contribution in [3.05, 3.63) is 5.82 Å². The van der Waals surface area contributed by atoms with Gasteiger partial charge in [-0.2, -0.15) is 22.5 Å². The summed E-state index contributed by atoms with van der Waals surface area (Å²) in [6, 6.07) is 0. The zero-order chi connectivity index (χ0) is 11.8. The highest BCUT2D eigenvalue weighted by atomic mass is 32.1. The monoisotopic (exact) mass is 253 g/mol. The van der Waals surface area contributed by atoms with Crippen molar-refractivity contribution < 1.29 is 18.3 Å². The van der Waals surface area contributed by atoms with Crippen molar-refractivity contribution in [1.82, 2.24) is 9.36 Å². The number of aliphatic hydroxyl groups excluding tert-OH is 1. The Labute approximate surface area is 93.9 Å². The van der Waals surface area contributed by atoms with Gasteiger partial charge in [0.05, 0.1) is 6.10 Å². The number of aliphatic hydroxyl groups is 1. The number of rotatable bonds is 1. The summed E-state index contributed by atoms with van der Waals surface area (Å²) < 4.78 is 40.0. The molecule has 2 rings (SSSR count). The molecule has 0 atom stereocenters. The largest absolute Gasteiger partial charge is 0.452 e. The summed E-state index contributed by atoms with van der Waals surface area (Å²) in [7, 11) is 0. The normalized spacial score (nSPS) is 19.1. The van der Waals surface area contributed by atoms with Crippen molar-refractivity contribution in [2.24, 2.45) is 0 Å². The van der Waals surface area contributed by atoms with E-state index in [1.165, 1.54) is 0 Å². The molecule has 0 spiro atoms.